The fourth-order valence-corrected chi connectivity index (χ4v) is 1.59. The first-order valence-corrected chi connectivity index (χ1v) is 6.73. The lowest BCUT2D eigenvalue weighted by Crippen LogP contribution is -2.30. The highest BCUT2D eigenvalue weighted by atomic mass is 16.6. The van der Waals surface area contributed by atoms with E-state index in [0.29, 0.717) is 18.8 Å². The summed E-state index contributed by atoms with van der Waals surface area (Å²) >= 11 is 0. The van der Waals surface area contributed by atoms with Crippen molar-refractivity contribution in [3.63, 3.8) is 0 Å². The molecule has 2 atom stereocenters. The summed E-state index contributed by atoms with van der Waals surface area (Å²) in [5, 5.41) is 0. The minimum Gasteiger partial charge on any atom is -0.496 e. The maximum atomic E-state index is 11.8. The summed E-state index contributed by atoms with van der Waals surface area (Å²) in [6.07, 6.45) is 0.336. The van der Waals surface area contributed by atoms with Crippen molar-refractivity contribution in [2.75, 3.05) is 20.8 Å². The zero-order chi connectivity index (χ0) is 15.8. The van der Waals surface area contributed by atoms with Crippen LogP contribution in [0.5, 0.6) is 0 Å². The lowest BCUT2D eigenvalue weighted by atomic mass is 10.1. The van der Waals surface area contributed by atoms with Gasteiger partial charge in [-0.2, -0.15) is 0 Å². The van der Waals surface area contributed by atoms with Crippen LogP contribution in [0, 0.1) is 0 Å². The monoisotopic (exact) mass is 288 g/mol. The van der Waals surface area contributed by atoms with E-state index in [0.717, 1.165) is 0 Å². The smallest absolute Gasteiger partial charge is 0.308 e. The number of ether oxygens (including phenoxy) is 4. The number of esters is 1. The molecule has 0 bridgehead atoms. The van der Waals surface area contributed by atoms with E-state index in [1.54, 1.807) is 21.1 Å². The standard InChI is InChI=1S/C15H28O5/c1-11(2)19-10-13(18-7)8-12(17-6)9-14(16)20-15(3,4)5/h12-13H,1,8-10H2,2-7H3. The van der Waals surface area contributed by atoms with Gasteiger partial charge in [-0.15, -0.1) is 0 Å². The molecule has 118 valence electrons. The third-order valence-corrected chi connectivity index (χ3v) is 2.52. The molecule has 0 N–H and O–H groups in total. The summed E-state index contributed by atoms with van der Waals surface area (Å²) in [7, 11) is 3.17. The molecule has 0 fully saturated rings. The van der Waals surface area contributed by atoms with E-state index in [4.69, 9.17) is 18.9 Å². The maximum Gasteiger partial charge on any atom is 0.308 e. The predicted molar refractivity (Wildman–Crippen MR) is 77.4 cm³/mol. The zero-order valence-corrected chi connectivity index (χ0v) is 13.5. The molecule has 0 aromatic heterocycles. The topological polar surface area (TPSA) is 54.0 Å². The van der Waals surface area contributed by atoms with Gasteiger partial charge in [0, 0.05) is 20.6 Å². The highest BCUT2D eigenvalue weighted by Crippen LogP contribution is 2.14. The van der Waals surface area contributed by atoms with Crippen molar-refractivity contribution in [1.82, 2.24) is 0 Å². The van der Waals surface area contributed by atoms with Gasteiger partial charge in [0.1, 0.15) is 12.2 Å². The summed E-state index contributed by atoms with van der Waals surface area (Å²) in [6, 6.07) is 0. The summed E-state index contributed by atoms with van der Waals surface area (Å²) in [5.74, 6) is 0.355. The Morgan fingerprint density at radius 1 is 1.15 bits per heavy atom. The van der Waals surface area contributed by atoms with E-state index in [9.17, 15) is 4.79 Å². The Hall–Kier alpha value is -1.07. The van der Waals surface area contributed by atoms with Gasteiger partial charge in [0.25, 0.3) is 0 Å². The van der Waals surface area contributed by atoms with Crippen LogP contribution in [-0.4, -0.2) is 44.6 Å². The number of hydrogen-bond donors (Lipinski definition) is 0. The Morgan fingerprint density at radius 2 is 1.70 bits per heavy atom. The Labute approximate surface area is 122 Å². The summed E-state index contributed by atoms with van der Waals surface area (Å²) in [5.41, 5.74) is -0.487. The number of rotatable bonds is 9. The second kappa shape index (κ2) is 8.97. The van der Waals surface area contributed by atoms with E-state index in [1.165, 1.54) is 0 Å². The van der Waals surface area contributed by atoms with E-state index in [1.807, 2.05) is 20.8 Å². The summed E-state index contributed by atoms with van der Waals surface area (Å²) in [6.45, 7) is 11.4. The second-order valence-electron chi connectivity index (χ2n) is 5.75. The number of carbonyl (C=O) groups is 1. The van der Waals surface area contributed by atoms with Crippen molar-refractivity contribution in [2.45, 2.75) is 58.3 Å². The van der Waals surface area contributed by atoms with E-state index in [-0.39, 0.29) is 24.6 Å². The molecule has 0 radical (unpaired) electrons. The van der Waals surface area contributed by atoms with Crippen molar-refractivity contribution < 1.29 is 23.7 Å². The fraction of sp³-hybridized carbons (Fsp3) is 0.800. The van der Waals surface area contributed by atoms with E-state index < -0.39 is 5.60 Å². The fourth-order valence-electron chi connectivity index (χ4n) is 1.59. The Balaban J connectivity index is 4.30. The lowest BCUT2D eigenvalue weighted by molar-refractivity contribution is -0.158. The third kappa shape index (κ3) is 9.81. The first kappa shape index (κ1) is 18.9. The average molecular weight is 288 g/mol. The molecule has 0 aromatic rings. The first-order valence-electron chi connectivity index (χ1n) is 6.73. The van der Waals surface area contributed by atoms with Crippen LogP contribution in [0.2, 0.25) is 0 Å². The average Bonchev–Trinajstić information content (AvgIpc) is 2.30. The SMILES string of the molecule is C=C(C)OCC(CC(CC(=O)OC(C)(C)C)OC)OC. The molecular weight excluding hydrogens is 260 g/mol. The molecule has 0 heterocycles. The molecule has 0 spiro atoms. The van der Waals surface area contributed by atoms with Crippen LogP contribution in [0.15, 0.2) is 12.3 Å². The lowest BCUT2D eigenvalue weighted by Gasteiger charge is -2.24. The number of hydrogen-bond acceptors (Lipinski definition) is 5. The molecule has 5 heteroatoms. The van der Waals surface area contributed by atoms with Crippen molar-refractivity contribution in [1.29, 1.82) is 0 Å². The van der Waals surface area contributed by atoms with Gasteiger partial charge in [0.05, 0.1) is 24.4 Å². The van der Waals surface area contributed by atoms with Crippen molar-refractivity contribution >= 4 is 5.97 Å². The molecule has 0 aliphatic rings. The maximum absolute atomic E-state index is 11.8. The van der Waals surface area contributed by atoms with Gasteiger partial charge in [-0.1, -0.05) is 6.58 Å². The molecular formula is C15H28O5. The molecule has 0 aliphatic heterocycles. The Morgan fingerprint density at radius 3 is 2.10 bits per heavy atom. The molecule has 0 aliphatic carbocycles. The quantitative estimate of drug-likeness (QED) is 0.482. The summed E-state index contributed by atoms with van der Waals surface area (Å²) in [4.78, 5) is 11.8. The van der Waals surface area contributed by atoms with Gasteiger partial charge < -0.3 is 18.9 Å². The van der Waals surface area contributed by atoms with Crippen molar-refractivity contribution in [2.24, 2.45) is 0 Å². The van der Waals surface area contributed by atoms with Crippen LogP contribution in [-0.2, 0) is 23.7 Å². The number of allylic oxidation sites excluding steroid dienone is 1. The number of methoxy groups -OCH3 is 2. The van der Waals surface area contributed by atoms with Gasteiger partial charge in [-0.3, -0.25) is 4.79 Å². The minimum atomic E-state index is -0.487. The Bertz CT molecular complexity index is 306. The normalized spacial score (nSPS) is 14.5. The Kier molecular flexibility index (Phi) is 8.49. The first-order chi connectivity index (χ1) is 9.17. The van der Waals surface area contributed by atoms with Gasteiger partial charge >= 0.3 is 5.97 Å². The highest BCUT2D eigenvalue weighted by Gasteiger charge is 2.23. The van der Waals surface area contributed by atoms with Crippen LogP contribution >= 0.6 is 0 Å². The van der Waals surface area contributed by atoms with Crippen LogP contribution in [0.4, 0.5) is 0 Å². The van der Waals surface area contributed by atoms with Crippen LogP contribution in [0.25, 0.3) is 0 Å². The molecule has 0 saturated carbocycles. The molecule has 5 nitrogen and oxygen atoms in total. The van der Waals surface area contributed by atoms with Gasteiger partial charge in [0.15, 0.2) is 0 Å². The molecule has 0 aromatic carbocycles. The molecule has 0 amide bonds. The van der Waals surface area contributed by atoms with Gasteiger partial charge in [0.2, 0.25) is 0 Å². The predicted octanol–water partition coefficient (Wildman–Crippen LogP) is 2.69. The molecule has 0 rings (SSSR count). The second-order valence-corrected chi connectivity index (χ2v) is 5.75. The highest BCUT2D eigenvalue weighted by molar-refractivity contribution is 5.70. The molecule has 20 heavy (non-hydrogen) atoms. The van der Waals surface area contributed by atoms with Crippen LogP contribution in [0.1, 0.15) is 40.5 Å². The van der Waals surface area contributed by atoms with E-state index >= 15 is 0 Å². The van der Waals surface area contributed by atoms with Crippen LogP contribution < -0.4 is 0 Å². The van der Waals surface area contributed by atoms with Crippen molar-refractivity contribution in [3.8, 4) is 0 Å². The van der Waals surface area contributed by atoms with E-state index in [2.05, 4.69) is 6.58 Å². The number of carbonyl (C=O) groups excluding carboxylic acids is 1. The summed E-state index contributed by atoms with van der Waals surface area (Å²) < 4.78 is 21.2. The molecule has 2 unspecified atom stereocenters. The largest absolute Gasteiger partial charge is 0.496 e. The zero-order valence-electron chi connectivity index (χ0n) is 13.5. The van der Waals surface area contributed by atoms with Gasteiger partial charge in [-0.05, 0) is 27.7 Å². The van der Waals surface area contributed by atoms with Gasteiger partial charge in [-0.25, -0.2) is 0 Å². The van der Waals surface area contributed by atoms with Crippen LogP contribution in [0.3, 0.4) is 0 Å². The third-order valence-electron chi connectivity index (χ3n) is 2.52. The van der Waals surface area contributed by atoms with Crippen molar-refractivity contribution in [3.05, 3.63) is 12.3 Å². The minimum absolute atomic E-state index is 0.154. The molecule has 0 saturated heterocycles.